The number of rotatable bonds is 1. The summed E-state index contributed by atoms with van der Waals surface area (Å²) < 4.78 is 0. The fourth-order valence-electron chi connectivity index (χ4n) is 2.33. The Bertz CT molecular complexity index is 199. The second-order valence-corrected chi connectivity index (χ2v) is 4.03. The van der Waals surface area contributed by atoms with Gasteiger partial charge in [0, 0.05) is 19.1 Å². The molecule has 1 atom stereocenters. The van der Waals surface area contributed by atoms with E-state index in [0.717, 1.165) is 13.0 Å². The minimum atomic E-state index is 0.200. The van der Waals surface area contributed by atoms with Gasteiger partial charge < -0.3 is 10.6 Å². The summed E-state index contributed by atoms with van der Waals surface area (Å²) in [5.41, 5.74) is 0.358. The number of nitrogens with one attached hydrogen (secondary N) is 2. The summed E-state index contributed by atoms with van der Waals surface area (Å²) in [6.45, 7) is 0.875. The molecule has 2 N–H and O–H groups in total. The van der Waals surface area contributed by atoms with Crippen LogP contribution in [0.5, 0.6) is 0 Å². The Morgan fingerprint density at radius 3 is 2.75 bits per heavy atom. The molecule has 1 aliphatic heterocycles. The molecule has 0 unspecified atom stereocenters. The van der Waals surface area contributed by atoms with E-state index in [0.29, 0.717) is 5.54 Å². The summed E-state index contributed by atoms with van der Waals surface area (Å²) in [5.74, 6) is 0.418. The highest BCUT2D eigenvalue weighted by Crippen LogP contribution is 2.40. The van der Waals surface area contributed by atoms with E-state index >= 15 is 0 Å². The first kappa shape index (κ1) is 8.05. The topological polar surface area (TPSA) is 41.1 Å². The van der Waals surface area contributed by atoms with Crippen molar-refractivity contribution in [2.45, 2.75) is 31.2 Å². The molecular weight excluding hydrogens is 152 g/mol. The largest absolute Gasteiger partial charge is 0.359 e. The standard InChI is InChI=1S/C9H16N2O/c1-10-8(12)7-5-9(11-6-7)3-2-4-9/h7,11H,2-6H2,1H3,(H,10,12)/t7-/m0/s1. The summed E-state index contributed by atoms with van der Waals surface area (Å²) >= 11 is 0. The molecule has 0 aromatic carbocycles. The third-order valence-corrected chi connectivity index (χ3v) is 3.29. The van der Waals surface area contributed by atoms with Crippen molar-refractivity contribution in [2.75, 3.05) is 13.6 Å². The Kier molecular flexibility index (Phi) is 1.83. The second kappa shape index (κ2) is 2.73. The average molecular weight is 168 g/mol. The number of carbonyl (C=O) groups is 1. The lowest BCUT2D eigenvalue weighted by atomic mass is 9.74. The highest BCUT2D eigenvalue weighted by molar-refractivity contribution is 5.79. The molecule has 0 bridgehead atoms. The first-order valence-corrected chi connectivity index (χ1v) is 4.72. The zero-order valence-corrected chi connectivity index (χ0v) is 7.52. The lowest BCUT2D eigenvalue weighted by Crippen LogP contribution is -2.45. The molecule has 3 nitrogen and oxygen atoms in total. The molecule has 68 valence electrons. The Morgan fingerprint density at radius 1 is 1.58 bits per heavy atom. The first-order chi connectivity index (χ1) is 5.76. The summed E-state index contributed by atoms with van der Waals surface area (Å²) in [5, 5.41) is 6.19. The second-order valence-electron chi connectivity index (χ2n) is 4.03. The van der Waals surface area contributed by atoms with Crippen LogP contribution in [-0.2, 0) is 4.79 Å². The zero-order valence-electron chi connectivity index (χ0n) is 7.52. The predicted octanol–water partition coefficient (Wildman–Crippen LogP) is 0.265. The third kappa shape index (κ3) is 1.12. The van der Waals surface area contributed by atoms with Crippen LogP contribution in [0.4, 0.5) is 0 Å². The van der Waals surface area contributed by atoms with Gasteiger partial charge in [-0.1, -0.05) is 0 Å². The smallest absolute Gasteiger partial charge is 0.224 e. The Balaban J connectivity index is 1.93. The molecular formula is C9H16N2O. The van der Waals surface area contributed by atoms with Crippen molar-refractivity contribution in [1.82, 2.24) is 10.6 Å². The molecule has 0 aromatic rings. The van der Waals surface area contributed by atoms with Crippen LogP contribution in [0.25, 0.3) is 0 Å². The van der Waals surface area contributed by atoms with Crippen LogP contribution in [0.3, 0.4) is 0 Å². The quantitative estimate of drug-likeness (QED) is 0.590. The molecule has 1 amide bonds. The first-order valence-electron chi connectivity index (χ1n) is 4.72. The van der Waals surface area contributed by atoms with Crippen LogP contribution < -0.4 is 10.6 Å². The lowest BCUT2D eigenvalue weighted by molar-refractivity contribution is -0.124. The van der Waals surface area contributed by atoms with E-state index in [4.69, 9.17) is 0 Å². The molecule has 1 spiro atoms. The van der Waals surface area contributed by atoms with Gasteiger partial charge in [0.15, 0.2) is 0 Å². The van der Waals surface area contributed by atoms with E-state index in [1.165, 1.54) is 19.3 Å². The molecule has 12 heavy (non-hydrogen) atoms. The number of hydrogen-bond donors (Lipinski definition) is 2. The maximum Gasteiger partial charge on any atom is 0.224 e. The van der Waals surface area contributed by atoms with Crippen LogP contribution in [-0.4, -0.2) is 25.0 Å². The Hall–Kier alpha value is -0.570. The summed E-state index contributed by atoms with van der Waals surface area (Å²) in [6.07, 6.45) is 4.90. The van der Waals surface area contributed by atoms with Gasteiger partial charge in [0.25, 0.3) is 0 Å². The molecule has 0 aromatic heterocycles. The van der Waals surface area contributed by atoms with Crippen LogP contribution in [0.15, 0.2) is 0 Å². The van der Waals surface area contributed by atoms with Crippen molar-refractivity contribution < 1.29 is 4.79 Å². The fourth-order valence-corrected chi connectivity index (χ4v) is 2.33. The summed E-state index contributed by atoms with van der Waals surface area (Å²) in [7, 11) is 1.72. The van der Waals surface area contributed by atoms with Crippen molar-refractivity contribution in [3.05, 3.63) is 0 Å². The molecule has 0 radical (unpaired) electrons. The molecule has 1 heterocycles. The van der Waals surface area contributed by atoms with E-state index in [1.807, 2.05) is 0 Å². The molecule has 2 aliphatic rings. The van der Waals surface area contributed by atoms with Crippen LogP contribution in [0.2, 0.25) is 0 Å². The average Bonchev–Trinajstić information content (AvgIpc) is 2.46. The minimum absolute atomic E-state index is 0.200. The van der Waals surface area contributed by atoms with Crippen LogP contribution in [0.1, 0.15) is 25.7 Å². The van der Waals surface area contributed by atoms with Gasteiger partial charge >= 0.3 is 0 Å². The highest BCUT2D eigenvalue weighted by atomic mass is 16.1. The Morgan fingerprint density at radius 2 is 2.33 bits per heavy atom. The normalized spacial score (nSPS) is 31.6. The zero-order chi connectivity index (χ0) is 8.60. The van der Waals surface area contributed by atoms with Crippen molar-refractivity contribution >= 4 is 5.91 Å². The van der Waals surface area contributed by atoms with Gasteiger partial charge in [0.1, 0.15) is 0 Å². The van der Waals surface area contributed by atoms with Gasteiger partial charge in [0.05, 0.1) is 5.92 Å². The van der Waals surface area contributed by atoms with Gasteiger partial charge in [-0.25, -0.2) is 0 Å². The predicted molar refractivity (Wildman–Crippen MR) is 46.8 cm³/mol. The van der Waals surface area contributed by atoms with Gasteiger partial charge in [-0.2, -0.15) is 0 Å². The molecule has 1 aliphatic carbocycles. The lowest BCUT2D eigenvalue weighted by Gasteiger charge is -2.38. The van der Waals surface area contributed by atoms with E-state index in [2.05, 4.69) is 10.6 Å². The van der Waals surface area contributed by atoms with Crippen molar-refractivity contribution in [1.29, 1.82) is 0 Å². The number of amides is 1. The highest BCUT2D eigenvalue weighted by Gasteiger charge is 2.44. The Labute approximate surface area is 72.9 Å². The van der Waals surface area contributed by atoms with Crippen LogP contribution in [0, 0.1) is 5.92 Å². The van der Waals surface area contributed by atoms with Crippen molar-refractivity contribution in [3.63, 3.8) is 0 Å². The SMILES string of the molecule is CNC(=O)[C@@H]1CNC2(CCC2)C1. The summed E-state index contributed by atoms with van der Waals surface area (Å²) in [4.78, 5) is 11.3. The van der Waals surface area contributed by atoms with Gasteiger partial charge in [-0.3, -0.25) is 4.79 Å². The molecule has 2 rings (SSSR count). The van der Waals surface area contributed by atoms with Gasteiger partial charge in [-0.05, 0) is 25.7 Å². The molecule has 3 heteroatoms. The van der Waals surface area contributed by atoms with Gasteiger partial charge in [-0.15, -0.1) is 0 Å². The maximum atomic E-state index is 11.3. The van der Waals surface area contributed by atoms with E-state index in [1.54, 1.807) is 7.05 Å². The van der Waals surface area contributed by atoms with E-state index < -0.39 is 0 Å². The molecule has 1 saturated heterocycles. The van der Waals surface area contributed by atoms with Crippen molar-refractivity contribution in [3.8, 4) is 0 Å². The number of hydrogen-bond acceptors (Lipinski definition) is 2. The third-order valence-electron chi connectivity index (χ3n) is 3.29. The fraction of sp³-hybridized carbons (Fsp3) is 0.889. The summed E-state index contributed by atoms with van der Waals surface area (Å²) in [6, 6.07) is 0. The van der Waals surface area contributed by atoms with Crippen molar-refractivity contribution in [2.24, 2.45) is 5.92 Å². The molecule has 2 fully saturated rings. The monoisotopic (exact) mass is 168 g/mol. The maximum absolute atomic E-state index is 11.3. The molecule has 1 saturated carbocycles. The minimum Gasteiger partial charge on any atom is -0.359 e. The van der Waals surface area contributed by atoms with E-state index in [-0.39, 0.29) is 11.8 Å². The number of carbonyl (C=O) groups excluding carboxylic acids is 1. The van der Waals surface area contributed by atoms with Gasteiger partial charge in [0.2, 0.25) is 5.91 Å². The van der Waals surface area contributed by atoms with E-state index in [9.17, 15) is 4.79 Å². The van der Waals surface area contributed by atoms with Crippen LogP contribution >= 0.6 is 0 Å².